The molecule has 0 fully saturated rings. The number of benzene rings is 1. The molecule has 0 aliphatic rings. The maximum Gasteiger partial charge on any atom is 0.272 e. The van der Waals surface area contributed by atoms with Crippen LogP contribution in [0.2, 0.25) is 0 Å². The predicted octanol–water partition coefficient (Wildman–Crippen LogP) is 2.53. The maximum absolute atomic E-state index is 13.6. The molecule has 0 amide bonds. The Morgan fingerprint density at radius 2 is 2.11 bits per heavy atom. The van der Waals surface area contributed by atoms with Gasteiger partial charge in [-0.25, -0.2) is 12.8 Å². The lowest BCUT2D eigenvalue weighted by molar-refractivity contribution is -0.385. The van der Waals surface area contributed by atoms with Crippen LogP contribution in [0, 0.1) is 15.9 Å². The molecule has 0 N–H and O–H groups in total. The number of non-ortho nitro benzene ring substituents is 1. The Hall–Kier alpha value is -1.21. The van der Waals surface area contributed by atoms with Gasteiger partial charge in [0.1, 0.15) is 10.7 Å². The Bertz CT molecular complexity index is 561. The van der Waals surface area contributed by atoms with E-state index in [4.69, 9.17) is 11.6 Å². The number of nitro groups is 1. The molecule has 0 aliphatic carbocycles. The third-order valence-corrected chi connectivity index (χ3v) is 4.94. The fraction of sp³-hybridized carbons (Fsp3) is 0.400. The highest BCUT2D eigenvalue weighted by Gasteiger charge is 2.27. The molecule has 1 aromatic carbocycles. The van der Waals surface area contributed by atoms with E-state index in [1.54, 1.807) is 0 Å². The number of rotatable bonds is 5. The van der Waals surface area contributed by atoms with Gasteiger partial charge < -0.3 is 0 Å². The van der Waals surface area contributed by atoms with Crippen LogP contribution in [0.25, 0.3) is 0 Å². The average molecular weight is 296 g/mol. The van der Waals surface area contributed by atoms with Crippen LogP contribution < -0.4 is 0 Å². The van der Waals surface area contributed by atoms with Gasteiger partial charge in [-0.2, -0.15) is 0 Å². The summed E-state index contributed by atoms with van der Waals surface area (Å²) in [5.41, 5.74) is -0.489. The molecular formula is C10H11ClFNO4S. The molecule has 0 saturated carbocycles. The monoisotopic (exact) mass is 295 g/mol. The van der Waals surface area contributed by atoms with Crippen molar-refractivity contribution in [1.82, 2.24) is 0 Å². The van der Waals surface area contributed by atoms with Crippen molar-refractivity contribution in [3.63, 3.8) is 0 Å². The standard InChI is InChI=1S/C10H11ClFNO4S/c1-7(4-5-11)18(16,17)10-3-2-8(13(14)15)6-9(10)12/h2-3,6-7H,4-5H2,1H3. The van der Waals surface area contributed by atoms with E-state index in [1.165, 1.54) is 6.92 Å². The van der Waals surface area contributed by atoms with Crippen LogP contribution in [-0.2, 0) is 9.84 Å². The first kappa shape index (κ1) is 14.8. The average Bonchev–Trinajstić information content (AvgIpc) is 2.28. The second kappa shape index (κ2) is 5.62. The van der Waals surface area contributed by atoms with E-state index in [2.05, 4.69) is 0 Å². The zero-order valence-electron chi connectivity index (χ0n) is 9.47. The molecule has 8 heteroatoms. The highest BCUT2D eigenvalue weighted by Crippen LogP contribution is 2.24. The first-order valence-electron chi connectivity index (χ1n) is 5.04. The molecule has 0 heterocycles. The predicted molar refractivity (Wildman–Crippen MR) is 65.0 cm³/mol. The molecular weight excluding hydrogens is 285 g/mol. The van der Waals surface area contributed by atoms with Crippen molar-refractivity contribution in [3.8, 4) is 0 Å². The number of alkyl halides is 1. The summed E-state index contributed by atoms with van der Waals surface area (Å²) in [7, 11) is -3.86. The van der Waals surface area contributed by atoms with Gasteiger partial charge in [-0.1, -0.05) is 0 Å². The van der Waals surface area contributed by atoms with Gasteiger partial charge >= 0.3 is 0 Å². The van der Waals surface area contributed by atoms with E-state index in [0.717, 1.165) is 12.1 Å². The molecule has 0 aliphatic heterocycles. The lowest BCUT2D eigenvalue weighted by Crippen LogP contribution is -2.19. The summed E-state index contributed by atoms with van der Waals surface area (Å²) in [5, 5.41) is 9.58. The number of hydrogen-bond acceptors (Lipinski definition) is 4. The van der Waals surface area contributed by atoms with Crippen molar-refractivity contribution in [3.05, 3.63) is 34.1 Å². The van der Waals surface area contributed by atoms with Crippen molar-refractivity contribution >= 4 is 27.1 Å². The molecule has 0 radical (unpaired) electrons. The van der Waals surface area contributed by atoms with E-state index < -0.39 is 36.4 Å². The highest BCUT2D eigenvalue weighted by atomic mass is 35.5. The quantitative estimate of drug-likeness (QED) is 0.475. The van der Waals surface area contributed by atoms with Crippen molar-refractivity contribution in [2.45, 2.75) is 23.5 Å². The molecule has 1 aromatic rings. The molecule has 0 spiro atoms. The lowest BCUT2D eigenvalue weighted by Gasteiger charge is -2.11. The number of nitrogens with zero attached hydrogens (tertiary/aromatic N) is 1. The van der Waals surface area contributed by atoms with Gasteiger partial charge in [-0.3, -0.25) is 10.1 Å². The molecule has 18 heavy (non-hydrogen) atoms. The van der Waals surface area contributed by atoms with Gasteiger partial charge in [0, 0.05) is 11.9 Å². The van der Waals surface area contributed by atoms with Crippen molar-refractivity contribution in [2.75, 3.05) is 5.88 Å². The second-order valence-electron chi connectivity index (χ2n) is 3.71. The molecule has 5 nitrogen and oxygen atoms in total. The molecule has 1 unspecified atom stereocenters. The van der Waals surface area contributed by atoms with Gasteiger partial charge in [0.05, 0.1) is 16.2 Å². The lowest BCUT2D eigenvalue weighted by atomic mass is 10.3. The van der Waals surface area contributed by atoms with E-state index in [9.17, 15) is 22.9 Å². The summed E-state index contributed by atoms with van der Waals surface area (Å²) >= 11 is 5.45. The number of nitro benzene ring substituents is 1. The maximum atomic E-state index is 13.6. The van der Waals surface area contributed by atoms with Crippen molar-refractivity contribution in [1.29, 1.82) is 0 Å². The number of sulfone groups is 1. The summed E-state index contributed by atoms with van der Waals surface area (Å²) in [5.74, 6) is -0.986. The highest BCUT2D eigenvalue weighted by molar-refractivity contribution is 7.92. The zero-order valence-corrected chi connectivity index (χ0v) is 11.0. The van der Waals surface area contributed by atoms with Gasteiger partial charge in [-0.15, -0.1) is 11.6 Å². The normalized spacial score (nSPS) is 13.3. The Kier molecular flexibility index (Phi) is 4.64. The smallest absolute Gasteiger partial charge is 0.258 e. The summed E-state index contributed by atoms with van der Waals surface area (Å²) in [4.78, 5) is 9.10. The molecule has 1 rings (SSSR count). The van der Waals surface area contributed by atoms with Gasteiger partial charge in [0.15, 0.2) is 9.84 Å². The van der Waals surface area contributed by atoms with Crippen LogP contribution in [0.4, 0.5) is 10.1 Å². The first-order valence-corrected chi connectivity index (χ1v) is 7.12. The van der Waals surface area contributed by atoms with Crippen LogP contribution >= 0.6 is 11.6 Å². The minimum Gasteiger partial charge on any atom is -0.258 e. The summed E-state index contributed by atoms with van der Waals surface area (Å²) < 4.78 is 37.5. The van der Waals surface area contributed by atoms with Gasteiger partial charge in [0.2, 0.25) is 0 Å². The Morgan fingerprint density at radius 3 is 2.56 bits per heavy atom. The third-order valence-electron chi connectivity index (χ3n) is 2.48. The minimum atomic E-state index is -3.86. The SMILES string of the molecule is CC(CCCl)S(=O)(=O)c1ccc([N+](=O)[O-])cc1F. The molecule has 0 saturated heterocycles. The third kappa shape index (κ3) is 2.97. The Balaban J connectivity index is 3.22. The fourth-order valence-electron chi connectivity index (χ4n) is 1.36. The minimum absolute atomic E-state index is 0.134. The number of halogens is 2. The van der Waals surface area contributed by atoms with E-state index in [0.29, 0.717) is 6.07 Å². The van der Waals surface area contributed by atoms with Crippen LogP contribution in [-0.4, -0.2) is 24.5 Å². The Labute approximate surface area is 109 Å². The van der Waals surface area contributed by atoms with Gasteiger partial charge in [0.25, 0.3) is 5.69 Å². The topological polar surface area (TPSA) is 77.3 Å². The van der Waals surface area contributed by atoms with E-state index in [-0.39, 0.29) is 12.3 Å². The van der Waals surface area contributed by atoms with Crippen LogP contribution in [0.1, 0.15) is 13.3 Å². The fourth-order valence-corrected chi connectivity index (χ4v) is 3.27. The molecule has 100 valence electrons. The van der Waals surface area contributed by atoms with Crippen LogP contribution in [0.15, 0.2) is 23.1 Å². The Morgan fingerprint density at radius 1 is 1.50 bits per heavy atom. The summed E-state index contributed by atoms with van der Waals surface area (Å²) in [6, 6.07) is 2.47. The van der Waals surface area contributed by atoms with E-state index in [1.807, 2.05) is 0 Å². The molecule has 0 aromatic heterocycles. The van der Waals surface area contributed by atoms with Crippen molar-refractivity contribution < 1.29 is 17.7 Å². The van der Waals surface area contributed by atoms with Crippen molar-refractivity contribution in [2.24, 2.45) is 0 Å². The molecule has 0 bridgehead atoms. The van der Waals surface area contributed by atoms with Gasteiger partial charge in [-0.05, 0) is 19.4 Å². The zero-order chi connectivity index (χ0) is 13.9. The first-order chi connectivity index (χ1) is 8.30. The van der Waals surface area contributed by atoms with Crippen LogP contribution in [0.3, 0.4) is 0 Å². The summed E-state index contributed by atoms with van der Waals surface area (Å²) in [6.45, 7) is 1.42. The largest absolute Gasteiger partial charge is 0.272 e. The van der Waals surface area contributed by atoms with Crippen LogP contribution in [0.5, 0.6) is 0 Å². The second-order valence-corrected chi connectivity index (χ2v) is 6.42. The van der Waals surface area contributed by atoms with E-state index >= 15 is 0 Å². The molecule has 1 atom stereocenters. The number of hydrogen-bond donors (Lipinski definition) is 0. The summed E-state index contributed by atoms with van der Waals surface area (Å²) in [6.07, 6.45) is 0.181.